The zero-order chi connectivity index (χ0) is 5.98. The number of hydrogen-bond acceptors (Lipinski definition) is 1. The summed E-state index contributed by atoms with van der Waals surface area (Å²) < 4.78 is 19.8. The van der Waals surface area contributed by atoms with Crippen LogP contribution in [0.4, 0.5) is 4.39 Å². The van der Waals surface area contributed by atoms with Gasteiger partial charge in [0, 0.05) is 3.92 Å². The molecule has 1 aliphatic carbocycles. The lowest BCUT2D eigenvalue weighted by atomic mass is 10.3. The van der Waals surface area contributed by atoms with Crippen LogP contribution in [0.5, 0.6) is 0 Å². The number of alkyl halides is 2. The van der Waals surface area contributed by atoms with Crippen molar-refractivity contribution >= 4 is 21.0 Å². The van der Waals surface area contributed by atoms with E-state index in [0.29, 0.717) is 10.3 Å². The lowest BCUT2D eigenvalue weighted by Gasteiger charge is -1.93. The van der Waals surface area contributed by atoms with Gasteiger partial charge in [-0.05, 0) is 40.3 Å². The highest BCUT2D eigenvalue weighted by Crippen LogP contribution is 2.30. The second kappa shape index (κ2) is 2.85. The topological polar surface area (TPSA) is 23.9 Å². The third kappa shape index (κ3) is 1.47. The van der Waals surface area contributed by atoms with Gasteiger partial charge in [-0.15, -0.1) is 0 Å². The van der Waals surface area contributed by atoms with Crippen LogP contribution in [0.15, 0.2) is 0 Å². The lowest BCUT2D eigenvalue weighted by Crippen LogP contribution is -1.91. The van der Waals surface area contributed by atoms with Crippen molar-refractivity contribution in [3.05, 3.63) is 0 Å². The van der Waals surface area contributed by atoms with Crippen LogP contribution in [0.1, 0.15) is 19.3 Å². The molecule has 0 spiro atoms. The summed E-state index contributed by atoms with van der Waals surface area (Å²) in [4.78, 5) is 0. The lowest BCUT2D eigenvalue weighted by molar-refractivity contribution is 0.344. The van der Waals surface area contributed by atoms with E-state index in [1.54, 1.807) is 0 Å². The maximum absolute atomic E-state index is 12.3. The van der Waals surface area contributed by atoms with E-state index < -0.39 is 27.2 Å². The first kappa shape index (κ1) is 6.58. The van der Waals surface area contributed by atoms with Crippen molar-refractivity contribution in [2.75, 3.05) is 0 Å². The van der Waals surface area contributed by atoms with Gasteiger partial charge in [0.15, 0.2) is 0 Å². The summed E-state index contributed by atoms with van der Waals surface area (Å²) in [5.74, 6) is 0. The van der Waals surface area contributed by atoms with E-state index in [1.807, 2.05) is 0 Å². The Morgan fingerprint density at radius 2 is 2.25 bits per heavy atom. The largest absolute Gasteiger partial charge is 0.278 e. The number of rotatable bonds is 1. The van der Waals surface area contributed by atoms with Crippen molar-refractivity contribution in [2.45, 2.75) is 29.4 Å². The predicted molar refractivity (Wildman–Crippen MR) is 39.3 cm³/mol. The van der Waals surface area contributed by atoms with Gasteiger partial charge in [-0.3, -0.25) is 3.56 Å². The van der Waals surface area contributed by atoms with E-state index in [4.69, 9.17) is 3.56 Å². The summed E-state index contributed by atoms with van der Waals surface area (Å²) in [6, 6.07) is 0. The molecule has 1 fully saturated rings. The summed E-state index contributed by atoms with van der Waals surface area (Å²) in [5.41, 5.74) is 0. The summed E-state index contributed by atoms with van der Waals surface area (Å²) in [6.45, 7) is 0. The molecule has 48 valence electrons. The molecular formula is C5H9FIN. The SMILES string of the molecule is N=IC1CC[C@@H](F)C1. The van der Waals surface area contributed by atoms with Crippen LogP contribution in [0.2, 0.25) is 0 Å². The Kier molecular flexibility index (Phi) is 2.34. The first-order valence-corrected chi connectivity index (χ1v) is 5.08. The fraction of sp³-hybridized carbons (Fsp3) is 1.00. The second-order valence-corrected chi connectivity index (χ2v) is 4.50. The van der Waals surface area contributed by atoms with Crippen molar-refractivity contribution in [2.24, 2.45) is 0 Å². The molecule has 3 heteroatoms. The minimum atomic E-state index is -0.565. The predicted octanol–water partition coefficient (Wildman–Crippen LogP) is 2.61. The molecule has 2 atom stereocenters. The molecule has 1 saturated carbocycles. The minimum absolute atomic E-state index is 0.413. The normalized spacial score (nSPS) is 38.1. The molecule has 0 radical (unpaired) electrons. The van der Waals surface area contributed by atoms with Gasteiger partial charge < -0.3 is 0 Å². The Labute approximate surface area is 58.6 Å². The van der Waals surface area contributed by atoms with Gasteiger partial charge >= 0.3 is 0 Å². The fourth-order valence-corrected chi connectivity index (χ4v) is 2.45. The van der Waals surface area contributed by atoms with E-state index in [0.717, 1.165) is 12.8 Å². The third-order valence-electron chi connectivity index (χ3n) is 1.46. The first-order chi connectivity index (χ1) is 3.83. The van der Waals surface area contributed by atoms with Gasteiger partial charge in [0.25, 0.3) is 0 Å². The summed E-state index contributed by atoms with van der Waals surface area (Å²) in [6.07, 6.45) is 1.84. The van der Waals surface area contributed by atoms with Gasteiger partial charge in [0.1, 0.15) is 6.17 Å². The minimum Gasteiger partial charge on any atom is -0.278 e. The molecule has 8 heavy (non-hydrogen) atoms. The van der Waals surface area contributed by atoms with Crippen LogP contribution in [0, 0.1) is 3.56 Å². The maximum atomic E-state index is 12.3. The average molecular weight is 229 g/mol. The molecule has 1 aliphatic rings. The van der Waals surface area contributed by atoms with Gasteiger partial charge in [-0.25, -0.2) is 4.39 Å². The van der Waals surface area contributed by atoms with Crippen LogP contribution in [0.3, 0.4) is 0 Å². The van der Waals surface area contributed by atoms with Gasteiger partial charge in [-0.2, -0.15) is 0 Å². The monoisotopic (exact) mass is 229 g/mol. The molecule has 0 aliphatic heterocycles. The molecule has 0 bridgehead atoms. The van der Waals surface area contributed by atoms with Gasteiger partial charge in [0.2, 0.25) is 0 Å². The molecule has 0 aromatic carbocycles. The Bertz CT molecular complexity index is 96.4. The van der Waals surface area contributed by atoms with Crippen molar-refractivity contribution in [3.63, 3.8) is 0 Å². The zero-order valence-electron chi connectivity index (χ0n) is 4.53. The second-order valence-electron chi connectivity index (χ2n) is 2.12. The highest BCUT2D eigenvalue weighted by molar-refractivity contribution is 14.1. The first-order valence-electron chi connectivity index (χ1n) is 2.76. The highest BCUT2D eigenvalue weighted by atomic mass is 127. The van der Waals surface area contributed by atoms with E-state index in [-0.39, 0.29) is 0 Å². The van der Waals surface area contributed by atoms with Crippen molar-refractivity contribution in [1.29, 1.82) is 3.56 Å². The quantitative estimate of drug-likeness (QED) is 0.527. The highest BCUT2D eigenvalue weighted by Gasteiger charge is 2.22. The number of nitrogens with one attached hydrogen (secondary N) is 1. The van der Waals surface area contributed by atoms with Crippen molar-refractivity contribution in [1.82, 2.24) is 0 Å². The number of halogens is 2. The molecule has 0 aromatic rings. The van der Waals surface area contributed by atoms with Gasteiger partial charge in [0.05, 0.1) is 0 Å². The molecule has 1 N–H and O–H groups in total. The van der Waals surface area contributed by atoms with Crippen molar-refractivity contribution in [3.8, 4) is 0 Å². The maximum Gasteiger partial charge on any atom is 0.101 e. The molecule has 0 saturated heterocycles. The van der Waals surface area contributed by atoms with E-state index in [9.17, 15) is 4.39 Å². The molecule has 0 amide bonds. The zero-order valence-corrected chi connectivity index (χ0v) is 6.69. The molecule has 1 rings (SSSR count). The number of hydrogen-bond donors (Lipinski definition) is 1. The summed E-state index contributed by atoms with van der Waals surface area (Å²) >= 11 is -0.413. The van der Waals surface area contributed by atoms with Crippen molar-refractivity contribution < 1.29 is 4.39 Å². The average Bonchev–Trinajstić information content (AvgIpc) is 2.14. The Balaban J connectivity index is 2.32. The molecule has 0 heterocycles. The van der Waals surface area contributed by atoms with Crippen LogP contribution in [-0.2, 0) is 0 Å². The van der Waals surface area contributed by atoms with E-state index >= 15 is 0 Å². The standard InChI is InChI=1S/C5H9FIN/c6-4-1-2-5(3-4)7-8/h4-5,8H,1-3H2/t4-,5?/m1/s1. The fourth-order valence-electron chi connectivity index (χ4n) is 0.974. The molecule has 0 aromatic heterocycles. The van der Waals surface area contributed by atoms with Gasteiger partial charge in [-0.1, -0.05) is 0 Å². The van der Waals surface area contributed by atoms with E-state index in [2.05, 4.69) is 0 Å². The summed E-state index contributed by atoms with van der Waals surface area (Å²) in [5, 5.41) is 0. The molecule has 1 nitrogen and oxygen atoms in total. The molecule has 1 unspecified atom stereocenters. The van der Waals surface area contributed by atoms with E-state index in [1.165, 1.54) is 0 Å². The Morgan fingerprint density at radius 3 is 2.50 bits per heavy atom. The summed E-state index contributed by atoms with van der Waals surface area (Å²) in [7, 11) is 0. The molecular weight excluding hydrogens is 220 g/mol. The Hall–Kier alpha value is 0.460. The third-order valence-corrected chi connectivity index (χ3v) is 3.47. The van der Waals surface area contributed by atoms with Crippen LogP contribution < -0.4 is 0 Å². The smallest absolute Gasteiger partial charge is 0.101 e. The Morgan fingerprint density at radius 1 is 1.50 bits per heavy atom. The van der Waals surface area contributed by atoms with Crippen LogP contribution >= 0.6 is 21.0 Å². The van der Waals surface area contributed by atoms with Crippen LogP contribution in [-0.4, -0.2) is 10.1 Å². The van der Waals surface area contributed by atoms with Crippen LogP contribution in [0.25, 0.3) is 0 Å².